The molecule has 2 amide bonds. The first-order valence-electron chi connectivity index (χ1n) is 7.89. The van der Waals surface area contributed by atoms with E-state index in [1.807, 2.05) is 0 Å². The van der Waals surface area contributed by atoms with Crippen LogP contribution in [0.5, 0.6) is 5.75 Å². The smallest absolute Gasteiger partial charge is 0.308 e. The van der Waals surface area contributed by atoms with Gasteiger partial charge in [-0.15, -0.1) is 0 Å². The summed E-state index contributed by atoms with van der Waals surface area (Å²) in [7, 11) is 5.04. The van der Waals surface area contributed by atoms with Gasteiger partial charge in [-0.2, -0.15) is 0 Å². The van der Waals surface area contributed by atoms with E-state index in [2.05, 4.69) is 5.32 Å². The van der Waals surface area contributed by atoms with E-state index < -0.39 is 17.8 Å². The van der Waals surface area contributed by atoms with Gasteiger partial charge in [-0.05, 0) is 19.2 Å². The highest BCUT2D eigenvalue weighted by Crippen LogP contribution is 2.16. The molecule has 8 heteroatoms. The van der Waals surface area contributed by atoms with Crippen molar-refractivity contribution in [2.75, 3.05) is 39.5 Å². The standard InChI is InChI=1S/C17H25N3O5/c1-19(2)16(23)7-8-20(3)11-12(17(24)25)9-15(22)18-13-5-4-6-14(21)10-13/h4-6,10,12,21H,7-9,11H2,1-3H3,(H,18,22)(H,24,25). The Balaban J connectivity index is 2.54. The third-order valence-corrected chi connectivity index (χ3v) is 3.65. The van der Waals surface area contributed by atoms with Gasteiger partial charge in [0.2, 0.25) is 11.8 Å². The van der Waals surface area contributed by atoms with E-state index in [1.54, 1.807) is 38.2 Å². The molecule has 0 saturated carbocycles. The molecule has 3 N–H and O–H groups in total. The Morgan fingerprint density at radius 1 is 1.20 bits per heavy atom. The second kappa shape index (κ2) is 9.63. The normalized spacial score (nSPS) is 11.8. The number of anilines is 1. The lowest BCUT2D eigenvalue weighted by molar-refractivity contribution is -0.144. The minimum absolute atomic E-state index is 0.0119. The van der Waals surface area contributed by atoms with Crippen molar-refractivity contribution in [3.63, 3.8) is 0 Å². The van der Waals surface area contributed by atoms with Crippen molar-refractivity contribution < 1.29 is 24.6 Å². The van der Waals surface area contributed by atoms with Crippen LogP contribution in [0.15, 0.2) is 24.3 Å². The molecular weight excluding hydrogens is 326 g/mol. The topological polar surface area (TPSA) is 110 Å². The number of aliphatic carboxylic acids is 1. The van der Waals surface area contributed by atoms with Crippen LogP contribution >= 0.6 is 0 Å². The van der Waals surface area contributed by atoms with E-state index in [9.17, 15) is 24.6 Å². The summed E-state index contributed by atoms with van der Waals surface area (Å²) in [6, 6.07) is 6.04. The van der Waals surface area contributed by atoms with Gasteiger partial charge in [0.15, 0.2) is 0 Å². The number of nitrogens with one attached hydrogen (secondary N) is 1. The number of hydrogen-bond acceptors (Lipinski definition) is 5. The van der Waals surface area contributed by atoms with Gasteiger partial charge in [0.1, 0.15) is 5.75 Å². The maximum absolute atomic E-state index is 12.0. The Labute approximate surface area is 147 Å². The lowest BCUT2D eigenvalue weighted by atomic mass is 10.0. The van der Waals surface area contributed by atoms with Crippen LogP contribution in [0.25, 0.3) is 0 Å². The monoisotopic (exact) mass is 351 g/mol. The molecule has 0 aliphatic heterocycles. The van der Waals surface area contributed by atoms with Gasteiger partial charge in [0.05, 0.1) is 5.92 Å². The summed E-state index contributed by atoms with van der Waals surface area (Å²) in [6.07, 6.45) is 0.0856. The number of carbonyl (C=O) groups is 3. The fourth-order valence-electron chi connectivity index (χ4n) is 2.23. The van der Waals surface area contributed by atoms with Crippen molar-refractivity contribution in [3.8, 4) is 5.75 Å². The maximum Gasteiger partial charge on any atom is 0.308 e. The van der Waals surface area contributed by atoms with E-state index in [4.69, 9.17) is 0 Å². The van der Waals surface area contributed by atoms with Crippen molar-refractivity contribution in [1.82, 2.24) is 9.80 Å². The molecule has 0 aromatic heterocycles. The van der Waals surface area contributed by atoms with E-state index in [-0.39, 0.29) is 31.0 Å². The fourth-order valence-corrected chi connectivity index (χ4v) is 2.23. The molecule has 0 bridgehead atoms. The highest BCUT2D eigenvalue weighted by molar-refractivity contribution is 5.93. The van der Waals surface area contributed by atoms with Crippen molar-refractivity contribution in [1.29, 1.82) is 0 Å². The van der Waals surface area contributed by atoms with E-state index in [0.717, 1.165) is 0 Å². The summed E-state index contributed by atoms with van der Waals surface area (Å²) in [5.41, 5.74) is 0.402. The van der Waals surface area contributed by atoms with Crippen LogP contribution in [-0.2, 0) is 14.4 Å². The zero-order chi connectivity index (χ0) is 19.0. The second-order valence-corrected chi connectivity index (χ2v) is 6.14. The van der Waals surface area contributed by atoms with E-state index >= 15 is 0 Å². The first-order chi connectivity index (χ1) is 11.7. The molecule has 0 heterocycles. The zero-order valence-corrected chi connectivity index (χ0v) is 14.7. The van der Waals surface area contributed by atoms with E-state index in [1.165, 1.54) is 17.0 Å². The van der Waals surface area contributed by atoms with Crippen molar-refractivity contribution in [2.24, 2.45) is 5.92 Å². The van der Waals surface area contributed by atoms with Gasteiger partial charge in [0.25, 0.3) is 0 Å². The zero-order valence-electron chi connectivity index (χ0n) is 14.7. The number of hydrogen-bond donors (Lipinski definition) is 3. The highest BCUT2D eigenvalue weighted by atomic mass is 16.4. The van der Waals surface area contributed by atoms with Crippen LogP contribution in [0.1, 0.15) is 12.8 Å². The van der Waals surface area contributed by atoms with Crippen molar-refractivity contribution >= 4 is 23.5 Å². The molecule has 0 fully saturated rings. The first-order valence-corrected chi connectivity index (χ1v) is 7.89. The molecule has 138 valence electrons. The molecule has 0 radical (unpaired) electrons. The van der Waals surface area contributed by atoms with Crippen LogP contribution in [0.4, 0.5) is 5.69 Å². The van der Waals surface area contributed by atoms with Crippen LogP contribution < -0.4 is 5.32 Å². The van der Waals surface area contributed by atoms with Gasteiger partial charge in [-0.3, -0.25) is 14.4 Å². The average molecular weight is 351 g/mol. The first kappa shape index (κ1) is 20.4. The predicted molar refractivity (Wildman–Crippen MR) is 93.3 cm³/mol. The molecule has 1 unspecified atom stereocenters. The van der Waals surface area contributed by atoms with Gasteiger partial charge >= 0.3 is 5.97 Å². The molecule has 1 aromatic carbocycles. The fraction of sp³-hybridized carbons (Fsp3) is 0.471. The average Bonchev–Trinajstić information content (AvgIpc) is 2.51. The Bertz CT molecular complexity index is 618. The minimum atomic E-state index is -1.07. The van der Waals surface area contributed by atoms with Crippen molar-refractivity contribution in [3.05, 3.63) is 24.3 Å². The molecule has 1 atom stereocenters. The lowest BCUT2D eigenvalue weighted by Gasteiger charge is -2.21. The number of carbonyl (C=O) groups excluding carboxylic acids is 2. The maximum atomic E-state index is 12.0. The number of carboxylic acids is 1. The molecule has 0 aliphatic rings. The highest BCUT2D eigenvalue weighted by Gasteiger charge is 2.23. The number of aromatic hydroxyl groups is 1. The van der Waals surface area contributed by atoms with Crippen molar-refractivity contribution in [2.45, 2.75) is 12.8 Å². The molecule has 0 spiro atoms. The van der Waals surface area contributed by atoms with Crippen LogP contribution in [0.2, 0.25) is 0 Å². The Morgan fingerprint density at radius 2 is 1.88 bits per heavy atom. The Hall–Kier alpha value is -2.61. The predicted octanol–water partition coefficient (Wildman–Crippen LogP) is 0.832. The minimum Gasteiger partial charge on any atom is -0.508 e. The Kier molecular flexibility index (Phi) is 7.87. The van der Waals surface area contributed by atoms with Crippen LogP contribution in [0, 0.1) is 5.92 Å². The number of benzene rings is 1. The summed E-state index contributed by atoms with van der Waals surface area (Å²) in [5, 5.41) is 21.3. The SMILES string of the molecule is CN(CCC(=O)N(C)C)CC(CC(=O)Nc1cccc(O)c1)C(=O)O. The summed E-state index contributed by atoms with van der Waals surface area (Å²) in [6.45, 7) is 0.568. The molecule has 1 rings (SSSR count). The summed E-state index contributed by atoms with van der Waals surface area (Å²) >= 11 is 0. The number of rotatable bonds is 9. The number of nitrogens with zero attached hydrogens (tertiary/aromatic N) is 2. The van der Waals surface area contributed by atoms with Gasteiger partial charge in [-0.1, -0.05) is 6.07 Å². The van der Waals surface area contributed by atoms with E-state index in [0.29, 0.717) is 12.2 Å². The number of phenolic OH excluding ortho intramolecular Hbond substituents is 1. The molecule has 1 aromatic rings. The molecule has 25 heavy (non-hydrogen) atoms. The van der Waals surface area contributed by atoms with Crippen LogP contribution in [-0.4, -0.2) is 72.0 Å². The van der Waals surface area contributed by atoms with Gasteiger partial charge in [0, 0.05) is 51.8 Å². The summed E-state index contributed by atoms with van der Waals surface area (Å²) in [4.78, 5) is 38.2. The second-order valence-electron chi connectivity index (χ2n) is 6.14. The molecule has 0 aliphatic carbocycles. The lowest BCUT2D eigenvalue weighted by Crippen LogP contribution is -2.35. The number of phenols is 1. The largest absolute Gasteiger partial charge is 0.508 e. The molecule has 8 nitrogen and oxygen atoms in total. The number of amides is 2. The van der Waals surface area contributed by atoms with Crippen LogP contribution in [0.3, 0.4) is 0 Å². The molecule has 0 saturated heterocycles. The third kappa shape index (κ3) is 7.67. The quantitative estimate of drug-likeness (QED) is 0.608. The Morgan fingerprint density at radius 3 is 2.44 bits per heavy atom. The summed E-state index contributed by atoms with van der Waals surface area (Å²) in [5.74, 6) is -2.44. The van der Waals surface area contributed by atoms with Gasteiger partial charge < -0.3 is 25.3 Å². The third-order valence-electron chi connectivity index (χ3n) is 3.65. The molecular formula is C17H25N3O5. The summed E-state index contributed by atoms with van der Waals surface area (Å²) < 4.78 is 0. The number of carboxylic acid groups (broad SMARTS) is 1. The van der Waals surface area contributed by atoms with Gasteiger partial charge in [-0.25, -0.2) is 0 Å².